The molecule has 0 saturated heterocycles. The maximum absolute atomic E-state index is 13.4. The standard InChI is InChI=1S/C16H16Cl2FNO/c1-9-5-6-10(19)7-11(9)16(21)12(8-20)15-13(17)3-2-4-14(15)18/h2-7,12,16,21H,8,20H2,1H3. The lowest BCUT2D eigenvalue weighted by atomic mass is 9.87. The van der Waals surface area contributed by atoms with E-state index in [9.17, 15) is 9.50 Å². The van der Waals surface area contributed by atoms with Crippen LogP contribution in [0.5, 0.6) is 0 Å². The monoisotopic (exact) mass is 327 g/mol. The minimum Gasteiger partial charge on any atom is -0.388 e. The Morgan fingerprint density at radius 1 is 1.19 bits per heavy atom. The number of aliphatic hydroxyl groups excluding tert-OH is 1. The van der Waals surface area contributed by atoms with Crippen LogP contribution in [0.2, 0.25) is 10.0 Å². The lowest BCUT2D eigenvalue weighted by Crippen LogP contribution is -2.21. The predicted octanol–water partition coefficient (Wildman–Crippen LogP) is 4.22. The molecule has 0 aromatic heterocycles. The summed E-state index contributed by atoms with van der Waals surface area (Å²) in [5, 5.41) is 11.5. The number of rotatable bonds is 4. The molecule has 5 heteroatoms. The number of hydrogen-bond donors (Lipinski definition) is 2. The number of hydrogen-bond acceptors (Lipinski definition) is 2. The average molecular weight is 328 g/mol. The molecule has 2 nitrogen and oxygen atoms in total. The van der Waals surface area contributed by atoms with Crippen molar-refractivity contribution in [2.24, 2.45) is 5.73 Å². The van der Waals surface area contributed by atoms with Gasteiger partial charge in [0.25, 0.3) is 0 Å². The van der Waals surface area contributed by atoms with Crippen molar-refractivity contribution in [1.29, 1.82) is 0 Å². The molecule has 0 aliphatic carbocycles. The molecule has 0 amide bonds. The Labute approximate surface area is 133 Å². The molecule has 2 atom stereocenters. The van der Waals surface area contributed by atoms with Gasteiger partial charge in [-0.2, -0.15) is 0 Å². The van der Waals surface area contributed by atoms with E-state index >= 15 is 0 Å². The van der Waals surface area contributed by atoms with Crippen molar-refractivity contribution >= 4 is 23.2 Å². The maximum Gasteiger partial charge on any atom is 0.123 e. The van der Waals surface area contributed by atoms with Crippen LogP contribution in [0, 0.1) is 12.7 Å². The summed E-state index contributed by atoms with van der Waals surface area (Å²) in [5.74, 6) is -0.914. The summed E-state index contributed by atoms with van der Waals surface area (Å²) < 4.78 is 13.4. The number of aliphatic hydroxyl groups is 1. The molecule has 3 N–H and O–H groups in total. The molecule has 2 unspecified atom stereocenters. The lowest BCUT2D eigenvalue weighted by molar-refractivity contribution is 0.146. The van der Waals surface area contributed by atoms with Crippen LogP contribution >= 0.6 is 23.2 Å². The number of aryl methyl sites for hydroxylation is 1. The second kappa shape index (κ2) is 6.75. The van der Waals surface area contributed by atoms with Gasteiger partial charge in [-0.3, -0.25) is 0 Å². The zero-order valence-electron chi connectivity index (χ0n) is 11.5. The van der Waals surface area contributed by atoms with E-state index in [0.717, 1.165) is 5.56 Å². The Balaban J connectivity index is 2.48. The van der Waals surface area contributed by atoms with Gasteiger partial charge in [0, 0.05) is 22.5 Å². The first-order valence-electron chi connectivity index (χ1n) is 6.53. The van der Waals surface area contributed by atoms with E-state index in [1.165, 1.54) is 12.1 Å². The Morgan fingerprint density at radius 2 is 1.81 bits per heavy atom. The Kier molecular flexibility index (Phi) is 5.22. The van der Waals surface area contributed by atoms with Crippen LogP contribution in [-0.4, -0.2) is 11.7 Å². The smallest absolute Gasteiger partial charge is 0.123 e. The Morgan fingerprint density at radius 3 is 2.38 bits per heavy atom. The van der Waals surface area contributed by atoms with E-state index in [-0.39, 0.29) is 6.54 Å². The molecule has 112 valence electrons. The highest BCUT2D eigenvalue weighted by atomic mass is 35.5. The first kappa shape index (κ1) is 16.2. The molecule has 0 aliphatic heterocycles. The van der Waals surface area contributed by atoms with Gasteiger partial charge in [0.05, 0.1) is 6.10 Å². The van der Waals surface area contributed by atoms with Crippen LogP contribution in [0.25, 0.3) is 0 Å². The SMILES string of the molecule is Cc1ccc(F)cc1C(O)C(CN)c1c(Cl)cccc1Cl. The molecule has 0 saturated carbocycles. The second-order valence-corrected chi connectivity index (χ2v) is 5.74. The third kappa shape index (κ3) is 3.38. The molecule has 2 rings (SSSR count). The molecule has 21 heavy (non-hydrogen) atoms. The third-order valence-corrected chi connectivity index (χ3v) is 4.22. The quantitative estimate of drug-likeness (QED) is 0.883. The van der Waals surface area contributed by atoms with Crippen LogP contribution in [0.15, 0.2) is 36.4 Å². The van der Waals surface area contributed by atoms with E-state index in [2.05, 4.69) is 0 Å². The minimum atomic E-state index is -0.983. The van der Waals surface area contributed by atoms with Crippen molar-refractivity contribution in [2.45, 2.75) is 18.9 Å². The fraction of sp³-hybridized carbons (Fsp3) is 0.250. The molecular weight excluding hydrogens is 312 g/mol. The number of nitrogens with two attached hydrogens (primary N) is 1. The van der Waals surface area contributed by atoms with Crippen molar-refractivity contribution < 1.29 is 9.50 Å². The first-order valence-corrected chi connectivity index (χ1v) is 7.29. The molecule has 0 bridgehead atoms. The van der Waals surface area contributed by atoms with Gasteiger partial charge < -0.3 is 10.8 Å². The summed E-state index contributed by atoms with van der Waals surface area (Å²) in [7, 11) is 0. The van der Waals surface area contributed by atoms with Gasteiger partial charge >= 0.3 is 0 Å². The molecule has 0 fully saturated rings. The topological polar surface area (TPSA) is 46.2 Å². The van der Waals surface area contributed by atoms with E-state index in [0.29, 0.717) is 21.2 Å². The number of benzene rings is 2. The molecular formula is C16H16Cl2FNO. The highest BCUT2D eigenvalue weighted by Crippen LogP contribution is 2.39. The highest BCUT2D eigenvalue weighted by Gasteiger charge is 2.27. The Bertz CT molecular complexity index is 628. The Hall–Kier alpha value is -1.13. The summed E-state index contributed by atoms with van der Waals surface area (Å²) in [5.41, 5.74) is 7.65. The van der Waals surface area contributed by atoms with E-state index < -0.39 is 17.8 Å². The molecule has 0 spiro atoms. The summed E-state index contributed by atoms with van der Waals surface area (Å²) in [6.07, 6.45) is -0.983. The van der Waals surface area contributed by atoms with Crippen molar-refractivity contribution in [3.05, 3.63) is 69.0 Å². The number of halogens is 3. The zero-order chi connectivity index (χ0) is 15.6. The first-order chi connectivity index (χ1) is 9.95. The van der Waals surface area contributed by atoms with Gasteiger partial charge in [-0.15, -0.1) is 0 Å². The van der Waals surface area contributed by atoms with E-state index in [1.807, 2.05) is 0 Å². The van der Waals surface area contributed by atoms with Crippen molar-refractivity contribution in [3.63, 3.8) is 0 Å². The predicted molar refractivity (Wildman–Crippen MR) is 84.4 cm³/mol. The zero-order valence-corrected chi connectivity index (χ0v) is 13.0. The molecule has 0 heterocycles. The van der Waals surface area contributed by atoms with E-state index in [4.69, 9.17) is 28.9 Å². The van der Waals surface area contributed by atoms with Crippen LogP contribution in [0.1, 0.15) is 28.7 Å². The van der Waals surface area contributed by atoms with Crippen molar-refractivity contribution in [2.75, 3.05) is 6.54 Å². The van der Waals surface area contributed by atoms with Crippen LogP contribution in [0.3, 0.4) is 0 Å². The van der Waals surface area contributed by atoms with Gasteiger partial charge in [0.1, 0.15) is 5.82 Å². The van der Waals surface area contributed by atoms with Crippen molar-refractivity contribution in [1.82, 2.24) is 0 Å². The largest absolute Gasteiger partial charge is 0.388 e. The molecule has 0 radical (unpaired) electrons. The minimum absolute atomic E-state index is 0.139. The highest BCUT2D eigenvalue weighted by molar-refractivity contribution is 6.36. The van der Waals surface area contributed by atoms with Gasteiger partial charge in [0.15, 0.2) is 0 Å². The molecule has 2 aromatic carbocycles. The van der Waals surface area contributed by atoms with Gasteiger partial charge in [-0.1, -0.05) is 35.3 Å². The summed E-state index contributed by atoms with van der Waals surface area (Å²) >= 11 is 12.4. The fourth-order valence-corrected chi connectivity index (χ4v) is 3.09. The molecule has 0 aliphatic rings. The fourth-order valence-electron chi connectivity index (χ4n) is 2.42. The normalized spacial score (nSPS) is 14.0. The molecule has 2 aromatic rings. The van der Waals surface area contributed by atoms with Gasteiger partial charge in [0.2, 0.25) is 0 Å². The second-order valence-electron chi connectivity index (χ2n) is 4.92. The van der Waals surface area contributed by atoms with Gasteiger partial charge in [-0.25, -0.2) is 4.39 Å². The van der Waals surface area contributed by atoms with Crippen LogP contribution < -0.4 is 5.73 Å². The summed E-state index contributed by atoms with van der Waals surface area (Å²) in [6, 6.07) is 9.39. The van der Waals surface area contributed by atoms with Gasteiger partial charge in [-0.05, 0) is 47.9 Å². The van der Waals surface area contributed by atoms with Crippen molar-refractivity contribution in [3.8, 4) is 0 Å². The van der Waals surface area contributed by atoms with E-state index in [1.54, 1.807) is 31.2 Å². The summed E-state index contributed by atoms with van der Waals surface area (Å²) in [4.78, 5) is 0. The van der Waals surface area contributed by atoms with Crippen LogP contribution in [-0.2, 0) is 0 Å². The third-order valence-electron chi connectivity index (χ3n) is 3.57. The maximum atomic E-state index is 13.4. The average Bonchev–Trinajstić information content (AvgIpc) is 2.45. The lowest BCUT2D eigenvalue weighted by Gasteiger charge is -2.25. The van der Waals surface area contributed by atoms with Crippen LogP contribution in [0.4, 0.5) is 4.39 Å². The summed E-state index contributed by atoms with van der Waals surface area (Å²) in [6.45, 7) is 1.94.